The van der Waals surface area contributed by atoms with Gasteiger partial charge >= 0.3 is 0 Å². The summed E-state index contributed by atoms with van der Waals surface area (Å²) in [6.45, 7) is 3.87. The third-order valence-corrected chi connectivity index (χ3v) is 5.22. The molecule has 0 aliphatic carbocycles. The van der Waals surface area contributed by atoms with Crippen LogP contribution >= 0.6 is 15.9 Å². The van der Waals surface area contributed by atoms with Crippen LogP contribution in [0.5, 0.6) is 5.75 Å². The van der Waals surface area contributed by atoms with Gasteiger partial charge in [-0.2, -0.15) is 0 Å². The highest BCUT2D eigenvalue weighted by atomic mass is 79.9. The lowest BCUT2D eigenvalue weighted by atomic mass is 9.95. The van der Waals surface area contributed by atoms with Crippen LogP contribution in [0, 0.1) is 5.92 Å². The average molecular weight is 426 g/mol. The number of rotatable bonds is 8. The van der Waals surface area contributed by atoms with Crippen molar-refractivity contribution in [2.45, 2.75) is 45.4 Å². The van der Waals surface area contributed by atoms with Crippen LogP contribution in [0.2, 0.25) is 0 Å². The van der Waals surface area contributed by atoms with Gasteiger partial charge in [0.05, 0.1) is 12.2 Å². The van der Waals surface area contributed by atoms with E-state index in [2.05, 4.69) is 28.3 Å². The first kappa shape index (κ1) is 20.7. The standard InChI is InChI=1S/C19H28BrN3O3/c1-2-3-4-5-12-26-17-7-6-15(20)13-16(17)19(25)23-10-8-14(9-11-23)18(24)22-21/h6-7,13-14H,2-5,8-12,21H2,1H3,(H,22,24). The van der Waals surface area contributed by atoms with Crippen molar-refractivity contribution in [3.8, 4) is 5.75 Å². The quantitative estimate of drug-likeness (QED) is 0.289. The van der Waals surface area contributed by atoms with Crippen LogP contribution in [-0.4, -0.2) is 36.4 Å². The summed E-state index contributed by atoms with van der Waals surface area (Å²) in [5, 5.41) is 0. The van der Waals surface area contributed by atoms with E-state index in [0.29, 0.717) is 43.9 Å². The van der Waals surface area contributed by atoms with E-state index in [1.54, 1.807) is 4.90 Å². The second-order valence-electron chi connectivity index (χ2n) is 6.62. The van der Waals surface area contributed by atoms with Crippen molar-refractivity contribution in [1.29, 1.82) is 0 Å². The van der Waals surface area contributed by atoms with Gasteiger partial charge in [0, 0.05) is 23.5 Å². The Morgan fingerprint density at radius 1 is 1.27 bits per heavy atom. The first-order valence-electron chi connectivity index (χ1n) is 9.29. The van der Waals surface area contributed by atoms with Gasteiger partial charge < -0.3 is 9.64 Å². The highest BCUT2D eigenvalue weighted by Crippen LogP contribution is 2.27. The molecule has 1 saturated heterocycles. The largest absolute Gasteiger partial charge is 0.493 e. The summed E-state index contributed by atoms with van der Waals surface area (Å²) >= 11 is 3.44. The molecule has 1 aliphatic rings. The zero-order valence-corrected chi connectivity index (χ0v) is 16.9. The molecule has 26 heavy (non-hydrogen) atoms. The number of amides is 2. The Morgan fingerprint density at radius 3 is 2.65 bits per heavy atom. The zero-order chi connectivity index (χ0) is 18.9. The van der Waals surface area contributed by atoms with Gasteiger partial charge in [0.1, 0.15) is 5.75 Å². The Bertz CT molecular complexity index is 616. The number of hydrazine groups is 1. The summed E-state index contributed by atoms with van der Waals surface area (Å²) in [5.41, 5.74) is 2.76. The zero-order valence-electron chi connectivity index (χ0n) is 15.3. The summed E-state index contributed by atoms with van der Waals surface area (Å²) in [6, 6.07) is 5.53. The molecule has 144 valence electrons. The highest BCUT2D eigenvalue weighted by molar-refractivity contribution is 9.10. The molecule has 0 radical (unpaired) electrons. The van der Waals surface area contributed by atoms with Gasteiger partial charge in [-0.1, -0.05) is 42.1 Å². The summed E-state index contributed by atoms with van der Waals surface area (Å²) in [6.07, 6.45) is 5.73. The van der Waals surface area contributed by atoms with Crippen molar-refractivity contribution in [3.63, 3.8) is 0 Å². The Kier molecular flexibility index (Phi) is 8.38. The summed E-state index contributed by atoms with van der Waals surface area (Å²) in [4.78, 5) is 26.4. The van der Waals surface area contributed by atoms with Crippen LogP contribution in [0.1, 0.15) is 55.8 Å². The molecule has 1 fully saturated rings. The maximum atomic E-state index is 13.0. The van der Waals surface area contributed by atoms with E-state index in [0.717, 1.165) is 17.3 Å². The van der Waals surface area contributed by atoms with Gasteiger partial charge in [-0.15, -0.1) is 0 Å². The van der Waals surface area contributed by atoms with Crippen molar-refractivity contribution < 1.29 is 14.3 Å². The maximum absolute atomic E-state index is 13.0. The van der Waals surface area contributed by atoms with Gasteiger partial charge in [-0.3, -0.25) is 15.0 Å². The minimum absolute atomic E-state index is 0.0542. The van der Waals surface area contributed by atoms with Gasteiger partial charge in [-0.05, 0) is 37.5 Å². The van der Waals surface area contributed by atoms with Crippen molar-refractivity contribution in [1.82, 2.24) is 10.3 Å². The lowest BCUT2D eigenvalue weighted by Gasteiger charge is -2.31. The van der Waals surface area contributed by atoms with E-state index in [4.69, 9.17) is 10.6 Å². The van der Waals surface area contributed by atoms with Gasteiger partial charge in [-0.25, -0.2) is 5.84 Å². The number of carbonyl (C=O) groups excluding carboxylic acids is 2. The maximum Gasteiger partial charge on any atom is 0.257 e. The number of piperidine rings is 1. The Morgan fingerprint density at radius 2 is 2.00 bits per heavy atom. The van der Waals surface area contributed by atoms with Crippen LogP contribution in [0.3, 0.4) is 0 Å². The topological polar surface area (TPSA) is 84.7 Å². The van der Waals surface area contributed by atoms with Crippen molar-refractivity contribution >= 4 is 27.7 Å². The second kappa shape index (κ2) is 10.5. The predicted molar refractivity (Wildman–Crippen MR) is 105 cm³/mol. The number of carbonyl (C=O) groups is 2. The third kappa shape index (κ3) is 5.71. The molecule has 2 amide bonds. The fourth-order valence-electron chi connectivity index (χ4n) is 3.14. The Balaban J connectivity index is 1.99. The molecule has 0 atom stereocenters. The number of likely N-dealkylation sites (tertiary alicyclic amines) is 1. The Hall–Kier alpha value is -1.60. The number of benzene rings is 1. The molecule has 1 aromatic carbocycles. The molecule has 0 bridgehead atoms. The van der Waals surface area contributed by atoms with Crippen molar-refractivity contribution in [2.24, 2.45) is 11.8 Å². The van der Waals surface area contributed by atoms with E-state index >= 15 is 0 Å². The predicted octanol–water partition coefficient (Wildman–Crippen LogP) is 3.25. The molecule has 1 aliphatic heterocycles. The first-order valence-corrected chi connectivity index (χ1v) is 10.1. The minimum atomic E-state index is -0.157. The van der Waals surface area contributed by atoms with Gasteiger partial charge in [0.25, 0.3) is 5.91 Å². The van der Waals surface area contributed by atoms with Gasteiger partial charge in [0.15, 0.2) is 0 Å². The molecule has 0 unspecified atom stereocenters. The summed E-state index contributed by atoms with van der Waals surface area (Å²) in [7, 11) is 0. The monoisotopic (exact) mass is 425 g/mol. The molecule has 0 saturated carbocycles. The lowest BCUT2D eigenvalue weighted by molar-refractivity contribution is -0.126. The molecule has 3 N–H and O–H groups in total. The normalized spacial score (nSPS) is 15.0. The number of hydrogen-bond acceptors (Lipinski definition) is 4. The molecular weight excluding hydrogens is 398 g/mol. The highest BCUT2D eigenvalue weighted by Gasteiger charge is 2.28. The molecule has 6 nitrogen and oxygen atoms in total. The van der Waals surface area contributed by atoms with Crippen LogP contribution in [0.4, 0.5) is 0 Å². The summed E-state index contributed by atoms with van der Waals surface area (Å²) in [5.74, 6) is 5.49. The molecular formula is C19H28BrN3O3. The fourth-order valence-corrected chi connectivity index (χ4v) is 3.50. The van der Waals surface area contributed by atoms with E-state index < -0.39 is 0 Å². The summed E-state index contributed by atoms with van der Waals surface area (Å²) < 4.78 is 6.72. The third-order valence-electron chi connectivity index (χ3n) is 4.72. The smallest absolute Gasteiger partial charge is 0.257 e. The molecule has 0 spiro atoms. The Labute approximate surface area is 163 Å². The number of hydrogen-bond donors (Lipinski definition) is 2. The minimum Gasteiger partial charge on any atom is -0.493 e. The number of nitrogens with zero attached hydrogens (tertiary/aromatic N) is 1. The molecule has 1 aromatic rings. The van der Waals surface area contributed by atoms with Crippen molar-refractivity contribution in [3.05, 3.63) is 28.2 Å². The number of ether oxygens (including phenoxy) is 1. The average Bonchev–Trinajstić information content (AvgIpc) is 2.67. The van der Waals surface area contributed by atoms with Crippen LogP contribution in [-0.2, 0) is 4.79 Å². The second-order valence-corrected chi connectivity index (χ2v) is 7.54. The number of unbranched alkanes of at least 4 members (excludes halogenated alkanes) is 3. The van der Waals surface area contributed by atoms with Crippen LogP contribution < -0.4 is 16.0 Å². The molecule has 1 heterocycles. The van der Waals surface area contributed by atoms with Crippen molar-refractivity contribution in [2.75, 3.05) is 19.7 Å². The molecule has 0 aromatic heterocycles. The van der Waals surface area contributed by atoms with Crippen LogP contribution in [0.15, 0.2) is 22.7 Å². The number of nitrogens with one attached hydrogen (secondary N) is 1. The SMILES string of the molecule is CCCCCCOc1ccc(Br)cc1C(=O)N1CCC(C(=O)NN)CC1. The van der Waals surface area contributed by atoms with E-state index in [9.17, 15) is 9.59 Å². The van der Waals surface area contributed by atoms with E-state index in [1.807, 2.05) is 18.2 Å². The first-order chi connectivity index (χ1) is 12.6. The number of nitrogens with two attached hydrogens (primary N) is 1. The lowest BCUT2D eigenvalue weighted by Crippen LogP contribution is -2.44. The molecule has 7 heteroatoms. The number of halogens is 1. The molecule has 2 rings (SSSR count). The van der Waals surface area contributed by atoms with E-state index in [-0.39, 0.29) is 17.7 Å². The van der Waals surface area contributed by atoms with Gasteiger partial charge in [0.2, 0.25) is 5.91 Å². The van der Waals surface area contributed by atoms with E-state index in [1.165, 1.54) is 12.8 Å². The fraction of sp³-hybridized carbons (Fsp3) is 0.579. The van der Waals surface area contributed by atoms with Crippen LogP contribution in [0.25, 0.3) is 0 Å².